The third-order valence-corrected chi connectivity index (χ3v) is 4.90. The number of hydrogen-bond donors (Lipinski definition) is 1. The number of nitrogens with zero attached hydrogens (tertiary/aromatic N) is 1. The summed E-state index contributed by atoms with van der Waals surface area (Å²) >= 11 is 0. The van der Waals surface area contributed by atoms with Crippen LogP contribution in [0.4, 0.5) is 5.69 Å². The van der Waals surface area contributed by atoms with Crippen molar-refractivity contribution in [2.45, 2.75) is 12.8 Å². The molecule has 1 aromatic rings. The molecule has 1 aromatic carbocycles. The highest BCUT2D eigenvalue weighted by molar-refractivity contribution is 7.91. The van der Waals surface area contributed by atoms with Crippen LogP contribution in [-0.4, -0.2) is 39.6 Å². The summed E-state index contributed by atoms with van der Waals surface area (Å²) in [5, 5.41) is 0. The number of anilines is 1. The lowest BCUT2D eigenvalue weighted by molar-refractivity contribution is 0.587. The van der Waals surface area contributed by atoms with E-state index in [0.29, 0.717) is 19.6 Å². The van der Waals surface area contributed by atoms with Gasteiger partial charge in [-0.2, -0.15) is 0 Å². The molecule has 0 bridgehead atoms. The van der Waals surface area contributed by atoms with Crippen molar-refractivity contribution in [2.24, 2.45) is 5.73 Å². The van der Waals surface area contributed by atoms with Gasteiger partial charge in [0.2, 0.25) is 0 Å². The predicted molar refractivity (Wildman–Crippen MR) is 74.7 cm³/mol. The van der Waals surface area contributed by atoms with Gasteiger partial charge in [0, 0.05) is 18.8 Å². The molecule has 1 aliphatic heterocycles. The molecule has 2 N–H and O–H groups in total. The van der Waals surface area contributed by atoms with Crippen LogP contribution in [-0.2, 0) is 16.3 Å². The molecule has 5 heteroatoms. The van der Waals surface area contributed by atoms with Crippen LogP contribution < -0.4 is 10.6 Å². The van der Waals surface area contributed by atoms with E-state index in [4.69, 9.17) is 5.73 Å². The molecule has 2 rings (SSSR count). The SMILES string of the molecule is NCCCc1cccc(N2CCS(=O)(=O)CC2)c1. The van der Waals surface area contributed by atoms with Gasteiger partial charge >= 0.3 is 0 Å². The maximum atomic E-state index is 11.4. The fourth-order valence-corrected chi connectivity index (χ4v) is 3.39. The van der Waals surface area contributed by atoms with Crippen molar-refractivity contribution < 1.29 is 8.42 Å². The van der Waals surface area contributed by atoms with E-state index in [9.17, 15) is 8.42 Å². The van der Waals surface area contributed by atoms with Gasteiger partial charge in [-0.1, -0.05) is 12.1 Å². The second-order valence-corrected chi connectivity index (χ2v) is 7.00. The number of hydrogen-bond acceptors (Lipinski definition) is 4. The van der Waals surface area contributed by atoms with Gasteiger partial charge in [-0.05, 0) is 37.1 Å². The van der Waals surface area contributed by atoms with Crippen LogP contribution in [0.15, 0.2) is 24.3 Å². The third-order valence-electron chi connectivity index (χ3n) is 3.29. The van der Waals surface area contributed by atoms with Crippen molar-refractivity contribution in [1.29, 1.82) is 0 Å². The van der Waals surface area contributed by atoms with Crippen LogP contribution in [0.5, 0.6) is 0 Å². The molecule has 1 heterocycles. The Morgan fingerprint density at radius 2 is 1.94 bits per heavy atom. The lowest BCUT2D eigenvalue weighted by Crippen LogP contribution is -2.40. The molecule has 0 aliphatic carbocycles. The summed E-state index contributed by atoms with van der Waals surface area (Å²) in [7, 11) is -2.81. The first-order valence-corrected chi connectivity index (χ1v) is 8.17. The summed E-state index contributed by atoms with van der Waals surface area (Å²) in [5.41, 5.74) is 7.90. The van der Waals surface area contributed by atoms with Crippen molar-refractivity contribution in [3.05, 3.63) is 29.8 Å². The minimum Gasteiger partial charge on any atom is -0.369 e. The van der Waals surface area contributed by atoms with Crippen LogP contribution in [0.3, 0.4) is 0 Å². The number of nitrogens with two attached hydrogens (primary N) is 1. The highest BCUT2D eigenvalue weighted by Gasteiger charge is 2.21. The van der Waals surface area contributed by atoms with Gasteiger partial charge in [0.1, 0.15) is 0 Å². The maximum absolute atomic E-state index is 11.4. The van der Waals surface area contributed by atoms with Crippen LogP contribution in [0.1, 0.15) is 12.0 Å². The van der Waals surface area contributed by atoms with E-state index in [1.807, 2.05) is 12.1 Å². The Kier molecular flexibility index (Phi) is 4.24. The Labute approximate surface area is 109 Å². The Bertz CT molecular complexity index is 485. The first-order chi connectivity index (χ1) is 8.61. The Hall–Kier alpha value is -1.07. The summed E-state index contributed by atoms with van der Waals surface area (Å²) in [6.07, 6.45) is 1.97. The number of benzene rings is 1. The zero-order valence-corrected chi connectivity index (χ0v) is 11.3. The van der Waals surface area contributed by atoms with Crippen LogP contribution in [0, 0.1) is 0 Å². The summed E-state index contributed by atoms with van der Waals surface area (Å²) in [4.78, 5) is 2.15. The lowest BCUT2D eigenvalue weighted by atomic mass is 10.1. The molecule has 0 saturated carbocycles. The summed E-state index contributed by atoms with van der Waals surface area (Å²) in [6.45, 7) is 1.90. The highest BCUT2D eigenvalue weighted by Crippen LogP contribution is 2.19. The summed E-state index contributed by atoms with van der Waals surface area (Å²) < 4.78 is 22.8. The molecular formula is C13H20N2O2S. The Balaban J connectivity index is 2.05. The van der Waals surface area contributed by atoms with E-state index < -0.39 is 9.84 Å². The molecule has 100 valence electrons. The number of rotatable bonds is 4. The van der Waals surface area contributed by atoms with E-state index in [0.717, 1.165) is 18.5 Å². The van der Waals surface area contributed by atoms with Crippen molar-refractivity contribution >= 4 is 15.5 Å². The van der Waals surface area contributed by atoms with E-state index in [2.05, 4.69) is 17.0 Å². The van der Waals surface area contributed by atoms with Gasteiger partial charge in [-0.3, -0.25) is 0 Å². The lowest BCUT2D eigenvalue weighted by Gasteiger charge is -2.29. The topological polar surface area (TPSA) is 63.4 Å². The minimum absolute atomic E-state index is 0.264. The smallest absolute Gasteiger partial charge is 0.153 e. The molecule has 1 fully saturated rings. The zero-order chi connectivity index (χ0) is 13.0. The molecule has 1 saturated heterocycles. The van der Waals surface area contributed by atoms with Gasteiger partial charge in [-0.15, -0.1) is 0 Å². The molecule has 1 aliphatic rings. The van der Waals surface area contributed by atoms with Crippen molar-refractivity contribution in [1.82, 2.24) is 0 Å². The largest absolute Gasteiger partial charge is 0.369 e. The fourth-order valence-electron chi connectivity index (χ4n) is 2.19. The molecule has 18 heavy (non-hydrogen) atoms. The van der Waals surface area contributed by atoms with Gasteiger partial charge in [0.15, 0.2) is 9.84 Å². The van der Waals surface area contributed by atoms with Crippen molar-refractivity contribution in [3.8, 4) is 0 Å². The Morgan fingerprint density at radius 3 is 2.61 bits per heavy atom. The molecular weight excluding hydrogens is 248 g/mol. The zero-order valence-electron chi connectivity index (χ0n) is 10.5. The standard InChI is InChI=1S/C13H20N2O2S/c14-6-2-4-12-3-1-5-13(11-12)15-7-9-18(16,17)10-8-15/h1,3,5,11H,2,4,6-10,14H2. The third kappa shape index (κ3) is 3.46. The Morgan fingerprint density at radius 1 is 1.22 bits per heavy atom. The highest BCUT2D eigenvalue weighted by atomic mass is 32.2. The molecule has 0 unspecified atom stereocenters. The van der Waals surface area contributed by atoms with E-state index in [-0.39, 0.29) is 11.5 Å². The van der Waals surface area contributed by atoms with Crippen molar-refractivity contribution in [2.75, 3.05) is 36.0 Å². The van der Waals surface area contributed by atoms with E-state index in [1.54, 1.807) is 0 Å². The average molecular weight is 268 g/mol. The maximum Gasteiger partial charge on any atom is 0.153 e. The van der Waals surface area contributed by atoms with Crippen LogP contribution in [0.25, 0.3) is 0 Å². The second-order valence-electron chi connectivity index (χ2n) is 4.70. The monoisotopic (exact) mass is 268 g/mol. The summed E-state index contributed by atoms with van der Waals surface area (Å²) in [6, 6.07) is 8.32. The van der Waals surface area contributed by atoms with Gasteiger partial charge in [0.25, 0.3) is 0 Å². The minimum atomic E-state index is -2.81. The fraction of sp³-hybridized carbons (Fsp3) is 0.538. The molecule has 0 aromatic heterocycles. The normalized spacial score (nSPS) is 18.8. The molecule has 4 nitrogen and oxygen atoms in total. The average Bonchev–Trinajstić information content (AvgIpc) is 2.37. The van der Waals surface area contributed by atoms with Gasteiger partial charge < -0.3 is 10.6 Å². The van der Waals surface area contributed by atoms with Gasteiger partial charge in [0.05, 0.1) is 11.5 Å². The number of sulfone groups is 1. The van der Waals surface area contributed by atoms with Gasteiger partial charge in [-0.25, -0.2) is 8.42 Å². The van der Waals surface area contributed by atoms with E-state index in [1.165, 1.54) is 5.56 Å². The van der Waals surface area contributed by atoms with Crippen molar-refractivity contribution in [3.63, 3.8) is 0 Å². The molecule has 0 radical (unpaired) electrons. The second kappa shape index (κ2) is 5.71. The van der Waals surface area contributed by atoms with Crippen LogP contribution >= 0.6 is 0 Å². The van der Waals surface area contributed by atoms with E-state index >= 15 is 0 Å². The first kappa shape index (κ1) is 13.4. The van der Waals surface area contributed by atoms with Crippen LogP contribution in [0.2, 0.25) is 0 Å². The number of aryl methyl sites for hydroxylation is 1. The summed E-state index contributed by atoms with van der Waals surface area (Å²) in [5.74, 6) is 0.528. The molecule has 0 spiro atoms. The first-order valence-electron chi connectivity index (χ1n) is 6.35. The molecule has 0 amide bonds. The predicted octanol–water partition coefficient (Wildman–Crippen LogP) is 0.813. The molecule has 0 atom stereocenters. The quantitative estimate of drug-likeness (QED) is 0.878.